The van der Waals surface area contributed by atoms with Crippen LogP contribution in [0.1, 0.15) is 132 Å². The third kappa shape index (κ3) is 12.4. The standard InChI is InChI=1S/C34H55OP/c1-6-7-8-9-10-11-12-13-14-15-16-17-18-19-20-21-26-35-36(33-24-22-29(2)31(4)27-33)34-25-23-30(3)32(5)28-34/h22-25,27-28H,6-21,26H2,1-5H3. The van der Waals surface area contributed by atoms with E-state index in [2.05, 4.69) is 71.0 Å². The molecule has 2 rings (SSSR count). The van der Waals surface area contributed by atoms with Gasteiger partial charge in [0.2, 0.25) is 0 Å². The second-order valence-electron chi connectivity index (χ2n) is 11.0. The minimum Gasteiger partial charge on any atom is -0.350 e. The lowest BCUT2D eigenvalue weighted by Gasteiger charge is -2.20. The second-order valence-corrected chi connectivity index (χ2v) is 12.8. The fraction of sp³-hybridized carbons (Fsp3) is 0.647. The second kappa shape index (κ2) is 19.0. The Hall–Kier alpha value is -1.17. The van der Waals surface area contributed by atoms with E-state index in [9.17, 15) is 0 Å². The van der Waals surface area contributed by atoms with Crippen molar-refractivity contribution in [2.24, 2.45) is 0 Å². The van der Waals surface area contributed by atoms with Crippen molar-refractivity contribution in [3.05, 3.63) is 58.7 Å². The molecule has 2 aromatic rings. The third-order valence-corrected chi connectivity index (χ3v) is 9.60. The van der Waals surface area contributed by atoms with Crippen molar-refractivity contribution in [1.29, 1.82) is 0 Å². The summed E-state index contributed by atoms with van der Waals surface area (Å²) in [4.78, 5) is 0. The molecule has 0 amide bonds. The van der Waals surface area contributed by atoms with E-state index in [0.29, 0.717) is 0 Å². The average Bonchev–Trinajstić information content (AvgIpc) is 2.87. The Labute approximate surface area is 225 Å². The highest BCUT2D eigenvalue weighted by atomic mass is 31.1. The Morgan fingerprint density at radius 1 is 0.472 bits per heavy atom. The zero-order valence-corrected chi connectivity index (χ0v) is 25.2. The molecule has 202 valence electrons. The van der Waals surface area contributed by atoms with Gasteiger partial charge in [-0.3, -0.25) is 0 Å². The number of benzene rings is 2. The number of rotatable bonds is 20. The molecule has 0 saturated carbocycles. The lowest BCUT2D eigenvalue weighted by molar-refractivity contribution is 0.343. The Balaban J connectivity index is 1.59. The minimum atomic E-state index is -0.752. The molecule has 36 heavy (non-hydrogen) atoms. The fourth-order valence-electron chi connectivity index (χ4n) is 4.81. The van der Waals surface area contributed by atoms with E-state index in [0.717, 1.165) is 6.61 Å². The van der Waals surface area contributed by atoms with Crippen molar-refractivity contribution in [2.45, 2.75) is 137 Å². The normalized spacial score (nSPS) is 11.5. The molecule has 0 aliphatic heterocycles. The maximum absolute atomic E-state index is 6.59. The van der Waals surface area contributed by atoms with E-state index in [4.69, 9.17) is 4.52 Å². The highest BCUT2D eigenvalue weighted by molar-refractivity contribution is 7.68. The van der Waals surface area contributed by atoms with Gasteiger partial charge in [0.25, 0.3) is 0 Å². The number of unbranched alkanes of at least 4 members (excludes halogenated alkanes) is 15. The van der Waals surface area contributed by atoms with Gasteiger partial charge in [0.05, 0.1) is 14.8 Å². The van der Waals surface area contributed by atoms with Gasteiger partial charge in [-0.05, 0) is 68.5 Å². The van der Waals surface area contributed by atoms with Crippen molar-refractivity contribution in [2.75, 3.05) is 6.61 Å². The van der Waals surface area contributed by atoms with E-state index in [1.807, 2.05) is 0 Å². The summed E-state index contributed by atoms with van der Waals surface area (Å²) in [6, 6.07) is 13.7. The largest absolute Gasteiger partial charge is 0.350 e. The number of hydrogen-bond donors (Lipinski definition) is 0. The molecule has 0 saturated heterocycles. The fourth-order valence-corrected chi connectivity index (χ4v) is 6.76. The Bertz CT molecular complexity index is 792. The van der Waals surface area contributed by atoms with Crippen molar-refractivity contribution >= 4 is 18.8 Å². The van der Waals surface area contributed by atoms with Gasteiger partial charge in [-0.25, -0.2) is 0 Å². The zero-order chi connectivity index (χ0) is 26.0. The minimum absolute atomic E-state index is 0.752. The molecule has 1 nitrogen and oxygen atoms in total. The summed E-state index contributed by atoms with van der Waals surface area (Å²) >= 11 is 0. The van der Waals surface area contributed by atoms with Crippen molar-refractivity contribution < 1.29 is 4.52 Å². The molecule has 0 fully saturated rings. The summed E-state index contributed by atoms with van der Waals surface area (Å²) in [5.74, 6) is 0. The first-order chi connectivity index (χ1) is 17.5. The van der Waals surface area contributed by atoms with E-state index in [1.54, 1.807) is 0 Å². The molecule has 0 aliphatic carbocycles. The summed E-state index contributed by atoms with van der Waals surface area (Å²) in [6.07, 6.45) is 22.5. The molecule has 0 aromatic heterocycles. The van der Waals surface area contributed by atoms with E-state index in [1.165, 1.54) is 136 Å². The Kier molecular flexibility index (Phi) is 16.4. The highest BCUT2D eigenvalue weighted by Gasteiger charge is 2.16. The van der Waals surface area contributed by atoms with Crippen LogP contribution < -0.4 is 10.6 Å². The van der Waals surface area contributed by atoms with Gasteiger partial charge in [-0.15, -0.1) is 0 Å². The number of hydrogen-bond acceptors (Lipinski definition) is 1. The summed E-state index contributed by atoms with van der Waals surface area (Å²) in [5.41, 5.74) is 5.42. The molecule has 0 heterocycles. The van der Waals surface area contributed by atoms with Gasteiger partial charge in [0, 0.05) is 10.6 Å². The van der Waals surface area contributed by atoms with Crippen LogP contribution in [0.4, 0.5) is 0 Å². The van der Waals surface area contributed by atoms with Gasteiger partial charge in [-0.2, -0.15) is 0 Å². The van der Waals surface area contributed by atoms with Gasteiger partial charge in [0.1, 0.15) is 0 Å². The first kappa shape index (κ1) is 31.1. The van der Waals surface area contributed by atoms with Crippen LogP contribution in [0.25, 0.3) is 0 Å². The van der Waals surface area contributed by atoms with Gasteiger partial charge in [-0.1, -0.05) is 128 Å². The predicted octanol–water partition coefficient (Wildman–Crippen LogP) is 10.5. The Morgan fingerprint density at radius 3 is 1.19 bits per heavy atom. The summed E-state index contributed by atoms with van der Waals surface area (Å²) in [7, 11) is -0.752. The van der Waals surface area contributed by atoms with Crippen LogP contribution in [-0.2, 0) is 4.52 Å². The van der Waals surface area contributed by atoms with Crippen LogP contribution in [0.15, 0.2) is 36.4 Å². The van der Waals surface area contributed by atoms with Gasteiger partial charge in [0.15, 0.2) is 0 Å². The number of aryl methyl sites for hydroxylation is 4. The molecule has 0 radical (unpaired) electrons. The third-order valence-electron chi connectivity index (χ3n) is 7.67. The molecule has 0 unspecified atom stereocenters. The van der Waals surface area contributed by atoms with Crippen LogP contribution in [0, 0.1) is 27.7 Å². The first-order valence-corrected chi connectivity index (χ1v) is 16.4. The van der Waals surface area contributed by atoms with E-state index in [-0.39, 0.29) is 0 Å². The molecular weight excluding hydrogens is 455 g/mol. The van der Waals surface area contributed by atoms with E-state index >= 15 is 0 Å². The SMILES string of the molecule is CCCCCCCCCCCCCCCCCCOP(c1ccc(C)c(C)c1)c1ccc(C)c(C)c1. The summed E-state index contributed by atoms with van der Waals surface area (Å²) in [6.45, 7) is 12.0. The van der Waals surface area contributed by atoms with E-state index < -0.39 is 8.15 Å². The van der Waals surface area contributed by atoms with Crippen LogP contribution >= 0.6 is 8.15 Å². The first-order valence-electron chi connectivity index (χ1n) is 15.1. The lowest BCUT2D eigenvalue weighted by atomic mass is 10.0. The Morgan fingerprint density at radius 2 is 0.833 bits per heavy atom. The summed E-state index contributed by atoms with van der Waals surface area (Å²) < 4.78 is 6.59. The highest BCUT2D eigenvalue weighted by Crippen LogP contribution is 2.36. The topological polar surface area (TPSA) is 9.23 Å². The molecule has 2 aromatic carbocycles. The predicted molar refractivity (Wildman–Crippen MR) is 164 cm³/mol. The summed E-state index contributed by atoms with van der Waals surface area (Å²) in [5, 5.41) is 2.68. The maximum Gasteiger partial charge on any atom is 0.0917 e. The van der Waals surface area contributed by atoms with Crippen molar-refractivity contribution in [3.63, 3.8) is 0 Å². The molecular formula is C34H55OP. The molecule has 0 N–H and O–H groups in total. The lowest BCUT2D eigenvalue weighted by Crippen LogP contribution is -2.16. The smallest absolute Gasteiger partial charge is 0.0917 e. The van der Waals surface area contributed by atoms with Crippen LogP contribution in [0.5, 0.6) is 0 Å². The average molecular weight is 511 g/mol. The van der Waals surface area contributed by atoms with Crippen LogP contribution in [-0.4, -0.2) is 6.61 Å². The maximum atomic E-state index is 6.59. The molecule has 0 atom stereocenters. The molecule has 0 aliphatic rings. The van der Waals surface area contributed by atoms with Crippen molar-refractivity contribution in [3.8, 4) is 0 Å². The molecule has 0 bridgehead atoms. The van der Waals surface area contributed by atoms with Gasteiger partial charge >= 0.3 is 0 Å². The van der Waals surface area contributed by atoms with Gasteiger partial charge < -0.3 is 4.52 Å². The molecule has 2 heteroatoms. The monoisotopic (exact) mass is 510 g/mol. The molecule has 0 spiro atoms. The van der Waals surface area contributed by atoms with Crippen LogP contribution in [0.3, 0.4) is 0 Å². The quantitative estimate of drug-likeness (QED) is 0.127. The van der Waals surface area contributed by atoms with Crippen molar-refractivity contribution in [1.82, 2.24) is 0 Å². The zero-order valence-electron chi connectivity index (χ0n) is 24.3. The van der Waals surface area contributed by atoms with Crippen LogP contribution in [0.2, 0.25) is 0 Å².